The Hall–Kier alpha value is -3.96. The summed E-state index contributed by atoms with van der Waals surface area (Å²) in [6.45, 7) is 3.76. The summed E-state index contributed by atoms with van der Waals surface area (Å²) >= 11 is 0. The van der Waals surface area contributed by atoms with E-state index >= 15 is 8.78 Å². The maximum Gasteiger partial charge on any atom is 0.258 e. The van der Waals surface area contributed by atoms with Crippen molar-refractivity contribution in [1.82, 2.24) is 20.2 Å². The van der Waals surface area contributed by atoms with Crippen LogP contribution < -0.4 is 14.8 Å². The SMILES string of the molecule is COc1cc(OC)c(F)c(-c2ccc(C(=O)NC3=NC(CN4CCOCC4)=CC3)c3nccnc23)c1F. The van der Waals surface area contributed by atoms with Crippen LogP contribution in [-0.2, 0) is 4.74 Å². The molecule has 0 unspecified atom stereocenters. The Balaban J connectivity index is 1.45. The van der Waals surface area contributed by atoms with Gasteiger partial charge in [0.2, 0.25) is 0 Å². The molecule has 0 saturated carbocycles. The van der Waals surface area contributed by atoms with Crippen molar-refractivity contribution in [2.24, 2.45) is 4.99 Å². The molecule has 2 aromatic carbocycles. The highest BCUT2D eigenvalue weighted by Crippen LogP contribution is 2.40. The number of methoxy groups -OCH3 is 2. The highest BCUT2D eigenvalue weighted by molar-refractivity contribution is 6.14. The van der Waals surface area contributed by atoms with Crippen LogP contribution >= 0.6 is 0 Å². The van der Waals surface area contributed by atoms with Crippen molar-refractivity contribution in [3.05, 3.63) is 59.6 Å². The van der Waals surface area contributed by atoms with Gasteiger partial charge in [-0.1, -0.05) is 12.1 Å². The number of aromatic nitrogens is 2. The van der Waals surface area contributed by atoms with Gasteiger partial charge in [0.15, 0.2) is 23.1 Å². The molecule has 3 heterocycles. The van der Waals surface area contributed by atoms with Crippen molar-refractivity contribution in [2.75, 3.05) is 47.1 Å². The number of ether oxygens (including phenoxy) is 3. The molecular formula is C26H25F2N5O4. The molecule has 1 aromatic heterocycles. The number of halogens is 2. The van der Waals surface area contributed by atoms with Gasteiger partial charge in [-0.15, -0.1) is 0 Å². The number of amides is 1. The third kappa shape index (κ3) is 4.87. The topological polar surface area (TPSA) is 98.2 Å². The Morgan fingerprint density at radius 1 is 1.05 bits per heavy atom. The lowest BCUT2D eigenvalue weighted by Crippen LogP contribution is -2.37. The predicted octanol–water partition coefficient (Wildman–Crippen LogP) is 3.34. The van der Waals surface area contributed by atoms with Crippen LogP contribution in [0.4, 0.5) is 8.78 Å². The fourth-order valence-corrected chi connectivity index (χ4v) is 4.41. The van der Waals surface area contributed by atoms with Gasteiger partial charge in [0, 0.05) is 50.1 Å². The Morgan fingerprint density at radius 3 is 2.41 bits per heavy atom. The number of hydrogen-bond acceptors (Lipinski definition) is 8. The Bertz CT molecular complexity index is 1390. The van der Waals surface area contributed by atoms with E-state index in [9.17, 15) is 4.79 Å². The summed E-state index contributed by atoms with van der Waals surface area (Å²) in [4.78, 5) is 28.6. The summed E-state index contributed by atoms with van der Waals surface area (Å²) in [5.74, 6) is -2.13. The first-order valence-corrected chi connectivity index (χ1v) is 11.7. The van der Waals surface area contributed by atoms with Crippen molar-refractivity contribution >= 4 is 22.8 Å². The van der Waals surface area contributed by atoms with Gasteiger partial charge in [0.05, 0.1) is 49.8 Å². The minimum absolute atomic E-state index is 0.111. The van der Waals surface area contributed by atoms with Gasteiger partial charge in [0.1, 0.15) is 11.4 Å². The molecule has 0 aliphatic carbocycles. The van der Waals surface area contributed by atoms with Crippen molar-refractivity contribution in [3.8, 4) is 22.6 Å². The molecule has 37 heavy (non-hydrogen) atoms. The summed E-state index contributed by atoms with van der Waals surface area (Å²) < 4.78 is 45.9. The molecule has 192 valence electrons. The lowest BCUT2D eigenvalue weighted by atomic mass is 9.98. The number of carbonyl (C=O) groups is 1. The first kappa shape index (κ1) is 24.7. The summed E-state index contributed by atoms with van der Waals surface area (Å²) in [5.41, 5.74) is 1.16. The molecule has 1 saturated heterocycles. The van der Waals surface area contributed by atoms with E-state index in [2.05, 4.69) is 25.2 Å². The average molecular weight is 510 g/mol. The van der Waals surface area contributed by atoms with E-state index in [4.69, 9.17) is 14.2 Å². The third-order valence-electron chi connectivity index (χ3n) is 6.27. The van der Waals surface area contributed by atoms with E-state index in [-0.39, 0.29) is 39.2 Å². The quantitative estimate of drug-likeness (QED) is 0.544. The second kappa shape index (κ2) is 10.6. The fraction of sp³-hybridized carbons (Fsp3) is 0.308. The molecule has 1 N–H and O–H groups in total. The zero-order valence-corrected chi connectivity index (χ0v) is 20.4. The first-order valence-electron chi connectivity index (χ1n) is 11.7. The average Bonchev–Trinajstić information content (AvgIpc) is 3.35. The standard InChI is InChI=1S/C26H25F2N5O4/c1-35-18-13-19(36-2)23(28)21(22(18)27)16-4-5-17(25-24(16)29-7-8-30-25)26(34)32-20-6-3-15(31-20)14-33-9-11-37-12-10-33/h3-5,7-8,13H,6,9-12,14H2,1-2H3,(H,31,32,34). The number of aliphatic imine (C=N–C) groups is 1. The predicted molar refractivity (Wildman–Crippen MR) is 133 cm³/mol. The summed E-state index contributed by atoms with van der Waals surface area (Å²) in [7, 11) is 2.55. The van der Waals surface area contributed by atoms with Crippen LogP contribution in [0.25, 0.3) is 22.2 Å². The van der Waals surface area contributed by atoms with Gasteiger partial charge in [-0.25, -0.2) is 13.8 Å². The lowest BCUT2D eigenvalue weighted by Gasteiger charge is -2.26. The second-order valence-electron chi connectivity index (χ2n) is 8.50. The molecule has 1 amide bonds. The number of hydrogen-bond donors (Lipinski definition) is 1. The number of morpholine rings is 1. The lowest BCUT2D eigenvalue weighted by molar-refractivity contribution is 0.0422. The summed E-state index contributed by atoms with van der Waals surface area (Å²) in [5, 5.41) is 2.83. The van der Waals surface area contributed by atoms with Crippen LogP contribution in [0.1, 0.15) is 16.8 Å². The number of rotatable bonds is 6. The number of nitrogens with one attached hydrogen (secondary N) is 1. The van der Waals surface area contributed by atoms with Gasteiger partial charge >= 0.3 is 0 Å². The van der Waals surface area contributed by atoms with Crippen LogP contribution in [-0.4, -0.2) is 73.7 Å². The van der Waals surface area contributed by atoms with Crippen LogP contribution in [0.15, 0.2) is 47.4 Å². The zero-order valence-electron chi connectivity index (χ0n) is 20.4. The van der Waals surface area contributed by atoms with Crippen LogP contribution in [0.2, 0.25) is 0 Å². The molecule has 0 radical (unpaired) electrons. The van der Waals surface area contributed by atoms with E-state index < -0.39 is 17.5 Å². The number of carbonyl (C=O) groups excluding carboxylic acids is 1. The number of amidine groups is 1. The van der Waals surface area contributed by atoms with Gasteiger partial charge < -0.3 is 19.5 Å². The molecule has 11 heteroatoms. The van der Waals surface area contributed by atoms with E-state index in [1.165, 1.54) is 38.7 Å². The molecule has 0 atom stereocenters. The maximum absolute atomic E-state index is 15.2. The highest BCUT2D eigenvalue weighted by atomic mass is 19.1. The molecule has 9 nitrogen and oxygen atoms in total. The Labute approximate surface area is 211 Å². The van der Waals surface area contributed by atoms with Crippen molar-refractivity contribution in [1.29, 1.82) is 0 Å². The summed E-state index contributed by atoms with van der Waals surface area (Å²) in [6, 6.07) is 4.03. The Morgan fingerprint density at radius 2 is 1.73 bits per heavy atom. The Kier molecular flexibility index (Phi) is 7.06. The molecule has 3 aromatic rings. The monoisotopic (exact) mass is 509 g/mol. The summed E-state index contributed by atoms with van der Waals surface area (Å²) in [6.07, 6.45) is 5.28. The largest absolute Gasteiger partial charge is 0.494 e. The highest BCUT2D eigenvalue weighted by Gasteiger charge is 2.25. The number of nitrogens with zero attached hydrogens (tertiary/aromatic N) is 4. The van der Waals surface area contributed by atoms with Gasteiger partial charge in [-0.3, -0.25) is 19.7 Å². The van der Waals surface area contributed by atoms with Crippen LogP contribution in [0.5, 0.6) is 11.5 Å². The van der Waals surface area contributed by atoms with E-state index in [0.29, 0.717) is 32.0 Å². The van der Waals surface area contributed by atoms with Crippen LogP contribution in [0.3, 0.4) is 0 Å². The molecule has 1 fully saturated rings. The van der Waals surface area contributed by atoms with Gasteiger partial charge in [0.25, 0.3) is 5.91 Å². The van der Waals surface area contributed by atoms with Gasteiger partial charge in [-0.2, -0.15) is 0 Å². The fourth-order valence-electron chi connectivity index (χ4n) is 4.41. The molecule has 2 aliphatic heterocycles. The maximum atomic E-state index is 15.2. The third-order valence-corrected chi connectivity index (χ3v) is 6.27. The minimum Gasteiger partial charge on any atom is -0.494 e. The first-order chi connectivity index (χ1) is 18.0. The van der Waals surface area contributed by atoms with Crippen LogP contribution in [0, 0.1) is 11.6 Å². The number of benzene rings is 2. The zero-order chi connectivity index (χ0) is 25.9. The van der Waals surface area contributed by atoms with Crippen molar-refractivity contribution < 1.29 is 27.8 Å². The smallest absolute Gasteiger partial charge is 0.258 e. The van der Waals surface area contributed by atoms with Crippen molar-refractivity contribution in [2.45, 2.75) is 6.42 Å². The second-order valence-corrected chi connectivity index (χ2v) is 8.50. The van der Waals surface area contributed by atoms with Crippen molar-refractivity contribution in [3.63, 3.8) is 0 Å². The molecule has 2 aliphatic rings. The van der Waals surface area contributed by atoms with E-state index in [1.807, 2.05) is 6.08 Å². The van der Waals surface area contributed by atoms with E-state index in [0.717, 1.165) is 24.9 Å². The normalized spacial score (nSPS) is 15.9. The van der Waals surface area contributed by atoms with E-state index in [1.54, 1.807) is 0 Å². The molecule has 0 spiro atoms. The molecule has 0 bridgehead atoms. The molecule has 5 rings (SSSR count). The number of fused-ring (bicyclic) bond motifs is 1. The molecular weight excluding hydrogens is 484 g/mol. The minimum atomic E-state index is -0.913. The van der Waals surface area contributed by atoms with Gasteiger partial charge in [-0.05, 0) is 6.07 Å².